The second-order valence-corrected chi connectivity index (χ2v) is 10.8. The van der Waals surface area contributed by atoms with Gasteiger partial charge in [0.2, 0.25) is 3.79 Å². The van der Waals surface area contributed by atoms with Crippen molar-refractivity contribution in [2.75, 3.05) is 38.9 Å². The molecule has 2 heterocycles. The Kier molecular flexibility index (Phi) is 7.77. The molecule has 0 saturated carbocycles. The van der Waals surface area contributed by atoms with Crippen LogP contribution in [0.2, 0.25) is 0 Å². The summed E-state index contributed by atoms with van der Waals surface area (Å²) in [5.41, 5.74) is 2.77. The minimum Gasteiger partial charge on any atom is -0.497 e. The van der Waals surface area contributed by atoms with Gasteiger partial charge >= 0.3 is 5.97 Å². The quantitative estimate of drug-likeness (QED) is 0.281. The van der Waals surface area contributed by atoms with Gasteiger partial charge in [-0.2, -0.15) is 5.10 Å². The summed E-state index contributed by atoms with van der Waals surface area (Å²) in [4.78, 5) is 14.8. The van der Waals surface area contributed by atoms with Crippen molar-refractivity contribution in [1.82, 2.24) is 4.90 Å². The van der Waals surface area contributed by atoms with Crippen LogP contribution in [-0.4, -0.2) is 60.3 Å². The van der Waals surface area contributed by atoms with Crippen molar-refractivity contribution in [3.63, 3.8) is 0 Å². The van der Waals surface area contributed by atoms with Gasteiger partial charge in [-0.25, -0.2) is 5.01 Å². The first-order chi connectivity index (χ1) is 16.3. The Hall–Kier alpha value is -2.19. The molecule has 0 aromatic heterocycles. The number of fused-ring (bicyclic) bond motifs is 2. The molecule has 0 radical (unpaired) electrons. The highest BCUT2D eigenvalue weighted by Crippen LogP contribution is 2.36. The van der Waals surface area contributed by atoms with Crippen molar-refractivity contribution < 1.29 is 19.0 Å². The average Bonchev–Trinajstić information content (AvgIpc) is 3.11. The number of methoxy groups -OCH3 is 2. The van der Waals surface area contributed by atoms with Crippen LogP contribution in [0, 0.1) is 5.92 Å². The summed E-state index contributed by atoms with van der Waals surface area (Å²) in [5.74, 6) is 1.28. The molecule has 0 aliphatic carbocycles. The summed E-state index contributed by atoms with van der Waals surface area (Å²) in [6.45, 7) is 1.09. The van der Waals surface area contributed by atoms with Crippen LogP contribution in [0.1, 0.15) is 12.8 Å². The lowest BCUT2D eigenvalue weighted by Crippen LogP contribution is -2.48. The van der Waals surface area contributed by atoms with Crippen molar-refractivity contribution in [2.24, 2.45) is 11.0 Å². The Morgan fingerprint density at radius 1 is 1.03 bits per heavy atom. The number of hydrogen-bond donors (Lipinski definition) is 0. The Balaban J connectivity index is 1.56. The molecule has 0 spiro atoms. The second kappa shape index (κ2) is 10.6. The molecule has 2 fully saturated rings. The van der Waals surface area contributed by atoms with E-state index in [0.29, 0.717) is 13.0 Å². The lowest BCUT2D eigenvalue weighted by atomic mass is 9.91. The van der Waals surface area contributed by atoms with Gasteiger partial charge in [0.05, 0.1) is 31.3 Å². The van der Waals surface area contributed by atoms with E-state index in [0.717, 1.165) is 41.6 Å². The maximum atomic E-state index is 12.7. The van der Waals surface area contributed by atoms with E-state index in [-0.39, 0.29) is 24.5 Å². The Morgan fingerprint density at radius 2 is 1.59 bits per heavy atom. The first-order valence-corrected chi connectivity index (χ1v) is 12.0. The van der Waals surface area contributed by atoms with Crippen molar-refractivity contribution in [2.45, 2.75) is 22.7 Å². The summed E-state index contributed by atoms with van der Waals surface area (Å²) in [7, 11) is 3.27. The van der Waals surface area contributed by atoms with E-state index < -0.39 is 3.79 Å². The van der Waals surface area contributed by atoms with Gasteiger partial charge in [-0.05, 0) is 73.8 Å². The first-order valence-electron chi connectivity index (χ1n) is 10.9. The van der Waals surface area contributed by atoms with Crippen LogP contribution >= 0.6 is 34.8 Å². The number of carbonyl (C=O) groups excluding carboxylic acids is 1. The molecule has 2 aliphatic heterocycles. The molecule has 3 unspecified atom stereocenters. The molecule has 34 heavy (non-hydrogen) atoms. The summed E-state index contributed by atoms with van der Waals surface area (Å²) < 4.78 is 14.3. The lowest BCUT2D eigenvalue weighted by Gasteiger charge is -2.33. The monoisotopic (exact) mass is 525 g/mol. The van der Waals surface area contributed by atoms with E-state index in [1.54, 1.807) is 14.2 Å². The molecule has 2 aromatic rings. The van der Waals surface area contributed by atoms with Crippen molar-refractivity contribution in [3.05, 3.63) is 48.5 Å². The predicted octanol–water partition coefficient (Wildman–Crippen LogP) is 5.21. The van der Waals surface area contributed by atoms with Crippen LogP contribution in [0.15, 0.2) is 53.6 Å². The van der Waals surface area contributed by atoms with E-state index in [1.807, 2.05) is 53.5 Å². The molecule has 3 atom stereocenters. The second-order valence-electron chi connectivity index (χ2n) is 8.27. The molecular formula is C24H26Cl3N3O4. The van der Waals surface area contributed by atoms with Gasteiger partial charge in [0, 0.05) is 6.54 Å². The van der Waals surface area contributed by atoms with Gasteiger partial charge in [-0.15, -0.1) is 0 Å². The normalized spacial score (nSPS) is 23.0. The molecule has 0 N–H and O–H groups in total. The molecule has 4 rings (SSSR count). The number of benzene rings is 2. The number of rotatable bonds is 7. The van der Waals surface area contributed by atoms with Crippen molar-refractivity contribution in [1.29, 1.82) is 0 Å². The maximum Gasteiger partial charge on any atom is 0.323 e. The van der Waals surface area contributed by atoms with Crippen LogP contribution in [0.5, 0.6) is 11.5 Å². The van der Waals surface area contributed by atoms with Crippen molar-refractivity contribution in [3.8, 4) is 11.5 Å². The minimum absolute atomic E-state index is 0.101. The Bertz CT molecular complexity index is 962. The number of esters is 1. The number of hydrazone groups is 1. The van der Waals surface area contributed by atoms with Gasteiger partial charge in [-0.3, -0.25) is 9.69 Å². The van der Waals surface area contributed by atoms with E-state index in [2.05, 4.69) is 4.90 Å². The minimum atomic E-state index is -1.62. The first kappa shape index (κ1) is 24.9. The zero-order valence-corrected chi connectivity index (χ0v) is 21.2. The Labute approximate surface area is 214 Å². The maximum absolute atomic E-state index is 12.7. The molecule has 7 nitrogen and oxygen atoms in total. The third-order valence-electron chi connectivity index (χ3n) is 6.01. The van der Waals surface area contributed by atoms with Gasteiger partial charge in [-0.1, -0.05) is 34.8 Å². The highest BCUT2D eigenvalue weighted by atomic mass is 35.6. The Morgan fingerprint density at radius 3 is 2.06 bits per heavy atom. The van der Waals surface area contributed by atoms with Gasteiger partial charge < -0.3 is 14.2 Å². The largest absolute Gasteiger partial charge is 0.497 e. The fourth-order valence-electron chi connectivity index (χ4n) is 4.42. The van der Waals surface area contributed by atoms with E-state index >= 15 is 0 Å². The lowest BCUT2D eigenvalue weighted by molar-refractivity contribution is -0.150. The topological polar surface area (TPSA) is 63.6 Å². The molecule has 2 bridgehead atoms. The third-order valence-corrected chi connectivity index (χ3v) is 6.33. The van der Waals surface area contributed by atoms with Gasteiger partial charge in [0.15, 0.2) is 0 Å². The highest BCUT2D eigenvalue weighted by molar-refractivity contribution is 6.67. The summed E-state index contributed by atoms with van der Waals surface area (Å²) in [6.07, 6.45) is 1.57. The number of ether oxygens (including phenoxy) is 3. The number of hydrogen-bond acceptors (Lipinski definition) is 7. The fraction of sp³-hybridized carbons (Fsp3) is 0.417. The van der Waals surface area contributed by atoms with Crippen LogP contribution in [0.25, 0.3) is 0 Å². The molecule has 2 aliphatic rings. The standard InChI is InChI=1S/C24H26Cl3N3O4/c1-32-20-7-3-18(4-8-20)30(19-5-9-21(33-2)10-6-19)28-17-13-16-11-12-29(14-17)22(16)23(31)34-15-24(25,26)27/h3-10,16,22H,11-15H2,1-2H3. The number of piperidine rings is 1. The summed E-state index contributed by atoms with van der Waals surface area (Å²) in [5, 5.41) is 6.92. The number of halogens is 3. The SMILES string of the molecule is COc1ccc(N(N=C2CC3CCN(C2)C3C(=O)OCC(Cl)(Cl)Cl)c2ccc(OC)cc2)cc1. The smallest absolute Gasteiger partial charge is 0.323 e. The average molecular weight is 527 g/mol. The zero-order valence-electron chi connectivity index (χ0n) is 18.9. The van der Waals surface area contributed by atoms with Gasteiger partial charge in [0.25, 0.3) is 0 Å². The molecule has 2 saturated heterocycles. The number of alkyl halides is 3. The number of carbonyl (C=O) groups is 1. The molecule has 182 valence electrons. The summed E-state index contributed by atoms with van der Waals surface area (Å²) in [6, 6.07) is 15.1. The zero-order chi connectivity index (χ0) is 24.3. The van der Waals surface area contributed by atoms with Crippen LogP contribution < -0.4 is 14.5 Å². The molecule has 10 heteroatoms. The van der Waals surface area contributed by atoms with Crippen LogP contribution in [0.4, 0.5) is 11.4 Å². The molecule has 0 amide bonds. The highest BCUT2D eigenvalue weighted by Gasteiger charge is 2.45. The number of anilines is 2. The van der Waals surface area contributed by atoms with Crippen LogP contribution in [0.3, 0.4) is 0 Å². The molecular weight excluding hydrogens is 501 g/mol. The third kappa shape index (κ3) is 5.89. The van der Waals surface area contributed by atoms with Gasteiger partial charge in [0.1, 0.15) is 24.1 Å². The number of nitrogens with zero attached hydrogens (tertiary/aromatic N) is 3. The van der Waals surface area contributed by atoms with Crippen LogP contribution in [-0.2, 0) is 9.53 Å². The molecule has 2 aromatic carbocycles. The van der Waals surface area contributed by atoms with E-state index in [4.69, 9.17) is 54.1 Å². The van der Waals surface area contributed by atoms with E-state index in [1.165, 1.54) is 0 Å². The summed E-state index contributed by atoms with van der Waals surface area (Å²) >= 11 is 17.2. The van der Waals surface area contributed by atoms with E-state index in [9.17, 15) is 4.79 Å². The van der Waals surface area contributed by atoms with Crippen molar-refractivity contribution >= 4 is 57.9 Å². The predicted molar refractivity (Wildman–Crippen MR) is 135 cm³/mol. The fourth-order valence-corrected chi connectivity index (χ4v) is 4.59.